The predicted octanol–water partition coefficient (Wildman–Crippen LogP) is 4.95. The number of carbonyl (C=O) groups excluding carboxylic acids is 1. The van der Waals surface area contributed by atoms with Crippen molar-refractivity contribution >= 4 is 43.2 Å². The van der Waals surface area contributed by atoms with Crippen LogP contribution in [0.15, 0.2) is 76.1 Å². The molecule has 144 valence electrons. The van der Waals surface area contributed by atoms with Gasteiger partial charge in [0, 0.05) is 15.7 Å². The minimum Gasteiger partial charge on any atom is -0.319 e. The highest BCUT2D eigenvalue weighted by Crippen LogP contribution is 2.21. The van der Waals surface area contributed by atoms with Crippen LogP contribution in [0.25, 0.3) is 0 Å². The van der Waals surface area contributed by atoms with Crippen LogP contribution in [0.1, 0.15) is 15.9 Å². The van der Waals surface area contributed by atoms with E-state index in [9.17, 15) is 17.6 Å². The number of rotatable bonds is 5. The van der Waals surface area contributed by atoms with Gasteiger partial charge in [-0.05, 0) is 67.1 Å². The molecule has 0 aromatic heterocycles. The van der Waals surface area contributed by atoms with E-state index in [1.165, 1.54) is 36.4 Å². The standard InChI is InChI=1S/C20H16BrFN2O3S/c1-13-5-10-19(18(22)11-13)23-20(25)14-3-2-4-17(12-14)28(26,27)24-16-8-6-15(21)7-9-16/h2-12,24H,1H3,(H,23,25). The molecular weight excluding hydrogens is 447 g/mol. The summed E-state index contributed by atoms with van der Waals surface area (Å²) in [5.74, 6) is -1.17. The molecule has 0 bridgehead atoms. The zero-order valence-corrected chi connectivity index (χ0v) is 17.1. The van der Waals surface area contributed by atoms with Crippen molar-refractivity contribution in [3.05, 3.63) is 88.1 Å². The molecule has 5 nitrogen and oxygen atoms in total. The van der Waals surface area contributed by atoms with Gasteiger partial charge in [0.05, 0.1) is 10.6 Å². The van der Waals surface area contributed by atoms with E-state index in [2.05, 4.69) is 26.0 Å². The normalized spacial score (nSPS) is 11.1. The molecule has 2 N–H and O–H groups in total. The van der Waals surface area contributed by atoms with E-state index in [1.54, 1.807) is 37.3 Å². The van der Waals surface area contributed by atoms with E-state index in [0.717, 1.165) is 10.0 Å². The summed E-state index contributed by atoms with van der Waals surface area (Å²) in [6.45, 7) is 1.74. The number of amides is 1. The highest BCUT2D eigenvalue weighted by atomic mass is 79.9. The highest BCUT2D eigenvalue weighted by Gasteiger charge is 2.17. The third-order valence-electron chi connectivity index (χ3n) is 3.88. The Labute approximate surface area is 170 Å². The van der Waals surface area contributed by atoms with Crippen molar-refractivity contribution in [2.45, 2.75) is 11.8 Å². The lowest BCUT2D eigenvalue weighted by atomic mass is 10.2. The Morgan fingerprint density at radius 1 is 1.00 bits per heavy atom. The second kappa shape index (κ2) is 8.12. The number of anilines is 2. The lowest BCUT2D eigenvalue weighted by Gasteiger charge is -2.10. The molecule has 3 rings (SSSR count). The fourth-order valence-electron chi connectivity index (χ4n) is 2.45. The van der Waals surface area contributed by atoms with Crippen molar-refractivity contribution in [3.8, 4) is 0 Å². The first-order valence-corrected chi connectivity index (χ1v) is 10.5. The SMILES string of the molecule is Cc1ccc(NC(=O)c2cccc(S(=O)(=O)Nc3ccc(Br)cc3)c2)c(F)c1. The lowest BCUT2D eigenvalue weighted by Crippen LogP contribution is -2.16. The molecule has 0 saturated carbocycles. The van der Waals surface area contributed by atoms with E-state index >= 15 is 0 Å². The minimum atomic E-state index is -3.89. The van der Waals surface area contributed by atoms with Crippen molar-refractivity contribution in [2.24, 2.45) is 0 Å². The van der Waals surface area contributed by atoms with Gasteiger partial charge in [-0.2, -0.15) is 0 Å². The van der Waals surface area contributed by atoms with Gasteiger partial charge in [-0.15, -0.1) is 0 Å². The maximum atomic E-state index is 13.9. The summed E-state index contributed by atoms with van der Waals surface area (Å²) in [5, 5.41) is 2.45. The van der Waals surface area contributed by atoms with E-state index in [4.69, 9.17) is 0 Å². The molecular formula is C20H16BrFN2O3S. The number of sulfonamides is 1. The molecule has 8 heteroatoms. The topological polar surface area (TPSA) is 75.3 Å². The quantitative estimate of drug-likeness (QED) is 0.563. The van der Waals surface area contributed by atoms with Gasteiger partial charge in [-0.3, -0.25) is 9.52 Å². The molecule has 3 aromatic carbocycles. The number of nitrogens with one attached hydrogen (secondary N) is 2. The number of carbonyl (C=O) groups is 1. The number of halogens is 2. The summed E-state index contributed by atoms with van der Waals surface area (Å²) >= 11 is 3.28. The summed E-state index contributed by atoms with van der Waals surface area (Å²) in [6, 6.07) is 16.6. The molecule has 0 radical (unpaired) electrons. The minimum absolute atomic E-state index is 0.0249. The summed E-state index contributed by atoms with van der Waals surface area (Å²) in [7, 11) is -3.89. The van der Waals surface area contributed by atoms with E-state index in [0.29, 0.717) is 5.69 Å². The molecule has 0 unspecified atom stereocenters. The fourth-order valence-corrected chi connectivity index (χ4v) is 3.82. The molecule has 0 spiro atoms. The van der Waals surface area contributed by atoms with E-state index in [-0.39, 0.29) is 16.1 Å². The number of aryl methyl sites for hydroxylation is 1. The fraction of sp³-hybridized carbons (Fsp3) is 0.0500. The second-order valence-corrected chi connectivity index (χ2v) is 8.68. The van der Waals surface area contributed by atoms with Crippen molar-refractivity contribution in [1.82, 2.24) is 0 Å². The largest absolute Gasteiger partial charge is 0.319 e. The Bertz CT molecular complexity index is 1130. The first kappa shape index (κ1) is 20.0. The maximum Gasteiger partial charge on any atom is 0.261 e. The molecule has 0 aliphatic rings. The third kappa shape index (κ3) is 4.76. The smallest absolute Gasteiger partial charge is 0.261 e. The molecule has 0 fully saturated rings. The van der Waals surface area contributed by atoms with Crippen LogP contribution >= 0.6 is 15.9 Å². The van der Waals surface area contributed by atoms with Crippen LogP contribution in [0, 0.1) is 12.7 Å². The first-order chi connectivity index (χ1) is 13.2. The Hall–Kier alpha value is -2.71. The Kier molecular flexibility index (Phi) is 5.81. The average Bonchev–Trinajstić information content (AvgIpc) is 2.66. The summed E-state index contributed by atoms with van der Waals surface area (Å²) in [4.78, 5) is 12.4. The van der Waals surface area contributed by atoms with Crippen molar-refractivity contribution < 1.29 is 17.6 Å². The third-order valence-corrected chi connectivity index (χ3v) is 5.78. The van der Waals surface area contributed by atoms with Crippen LogP contribution in [0.4, 0.5) is 15.8 Å². The van der Waals surface area contributed by atoms with E-state index in [1.807, 2.05) is 0 Å². The van der Waals surface area contributed by atoms with Gasteiger partial charge >= 0.3 is 0 Å². The molecule has 0 aliphatic carbocycles. The maximum absolute atomic E-state index is 13.9. The molecule has 0 atom stereocenters. The van der Waals surface area contributed by atoms with Gasteiger partial charge in [0.1, 0.15) is 5.82 Å². The van der Waals surface area contributed by atoms with Gasteiger partial charge in [-0.25, -0.2) is 12.8 Å². The highest BCUT2D eigenvalue weighted by molar-refractivity contribution is 9.10. The molecule has 28 heavy (non-hydrogen) atoms. The number of hydrogen-bond donors (Lipinski definition) is 2. The molecule has 0 aliphatic heterocycles. The van der Waals surface area contributed by atoms with Crippen molar-refractivity contribution in [3.63, 3.8) is 0 Å². The Morgan fingerprint density at radius 3 is 2.39 bits per heavy atom. The van der Waals surface area contributed by atoms with Crippen LogP contribution in [0.3, 0.4) is 0 Å². The van der Waals surface area contributed by atoms with Gasteiger partial charge in [0.25, 0.3) is 15.9 Å². The molecule has 0 saturated heterocycles. The van der Waals surface area contributed by atoms with Crippen molar-refractivity contribution in [2.75, 3.05) is 10.0 Å². The van der Waals surface area contributed by atoms with Crippen LogP contribution in [-0.4, -0.2) is 14.3 Å². The second-order valence-electron chi connectivity index (χ2n) is 6.08. The number of hydrogen-bond acceptors (Lipinski definition) is 3. The van der Waals surface area contributed by atoms with Gasteiger partial charge in [0.2, 0.25) is 0 Å². The van der Waals surface area contributed by atoms with Crippen molar-refractivity contribution in [1.29, 1.82) is 0 Å². The molecule has 1 amide bonds. The lowest BCUT2D eigenvalue weighted by molar-refractivity contribution is 0.102. The summed E-state index contributed by atoms with van der Waals surface area (Å²) < 4.78 is 42.4. The summed E-state index contributed by atoms with van der Waals surface area (Å²) in [6.07, 6.45) is 0. The van der Waals surface area contributed by atoms with Crippen LogP contribution < -0.4 is 10.0 Å². The first-order valence-electron chi connectivity index (χ1n) is 8.20. The van der Waals surface area contributed by atoms with Crippen LogP contribution in [0.5, 0.6) is 0 Å². The van der Waals surface area contributed by atoms with Crippen LogP contribution in [0.2, 0.25) is 0 Å². The zero-order chi connectivity index (χ0) is 20.3. The number of benzene rings is 3. The molecule has 0 heterocycles. The van der Waals surface area contributed by atoms with Gasteiger partial charge in [0.15, 0.2) is 0 Å². The predicted molar refractivity (Wildman–Crippen MR) is 110 cm³/mol. The average molecular weight is 463 g/mol. The Balaban J connectivity index is 1.82. The monoisotopic (exact) mass is 462 g/mol. The van der Waals surface area contributed by atoms with E-state index < -0.39 is 21.7 Å². The Morgan fingerprint density at radius 2 is 1.71 bits per heavy atom. The summed E-state index contributed by atoms with van der Waals surface area (Å²) in [5.41, 5.74) is 1.23. The molecule has 3 aromatic rings. The van der Waals surface area contributed by atoms with Crippen LogP contribution in [-0.2, 0) is 10.0 Å². The zero-order valence-electron chi connectivity index (χ0n) is 14.7. The van der Waals surface area contributed by atoms with Gasteiger partial charge in [-0.1, -0.05) is 28.1 Å². The van der Waals surface area contributed by atoms with Gasteiger partial charge < -0.3 is 5.32 Å².